The lowest BCUT2D eigenvalue weighted by molar-refractivity contribution is -0.126. The van der Waals surface area contributed by atoms with Crippen LogP contribution in [-0.4, -0.2) is 60.6 Å². The van der Waals surface area contributed by atoms with Gasteiger partial charge in [-0.25, -0.2) is 4.90 Å². The lowest BCUT2D eigenvalue weighted by Crippen LogP contribution is -2.58. The van der Waals surface area contributed by atoms with E-state index in [1.807, 2.05) is 37.3 Å². The van der Waals surface area contributed by atoms with Crippen LogP contribution in [0.5, 0.6) is 5.75 Å². The molecule has 0 bridgehead atoms. The summed E-state index contributed by atoms with van der Waals surface area (Å²) in [7, 11) is 0. The third-order valence-electron chi connectivity index (χ3n) is 7.00. The highest BCUT2D eigenvalue weighted by Gasteiger charge is 2.52. The smallest absolute Gasteiger partial charge is 0.251 e. The highest BCUT2D eigenvalue weighted by molar-refractivity contribution is 6.22. The fourth-order valence-corrected chi connectivity index (χ4v) is 5.27. The van der Waals surface area contributed by atoms with E-state index in [4.69, 9.17) is 4.74 Å². The maximum absolute atomic E-state index is 13.2. The third kappa shape index (κ3) is 3.64. The quantitative estimate of drug-likeness (QED) is 0.706. The van der Waals surface area contributed by atoms with Gasteiger partial charge in [-0.05, 0) is 56.2 Å². The van der Waals surface area contributed by atoms with Crippen LogP contribution in [0.1, 0.15) is 26.2 Å². The summed E-state index contributed by atoms with van der Waals surface area (Å²) >= 11 is 0. The second-order valence-corrected chi connectivity index (χ2v) is 8.71. The van der Waals surface area contributed by atoms with Crippen molar-refractivity contribution in [1.29, 1.82) is 0 Å². The lowest BCUT2D eigenvalue weighted by Gasteiger charge is -2.44. The molecule has 0 radical (unpaired) electrons. The molecule has 0 saturated carbocycles. The summed E-state index contributed by atoms with van der Waals surface area (Å²) in [4.78, 5) is 44.4. The number of nitrogens with zero attached hydrogens (tertiary/aromatic N) is 3. The van der Waals surface area contributed by atoms with Crippen molar-refractivity contribution < 1.29 is 19.1 Å². The molecule has 3 saturated heterocycles. The molecule has 0 unspecified atom stereocenters. The van der Waals surface area contributed by atoms with E-state index in [2.05, 4.69) is 15.1 Å². The van der Waals surface area contributed by atoms with Crippen molar-refractivity contribution >= 4 is 29.1 Å². The third-order valence-corrected chi connectivity index (χ3v) is 7.00. The molecule has 0 aliphatic carbocycles. The molecule has 2 aromatic rings. The van der Waals surface area contributed by atoms with Crippen LogP contribution in [0.3, 0.4) is 0 Å². The number of likely N-dealkylation sites (tertiary alicyclic amines) is 1. The summed E-state index contributed by atoms with van der Waals surface area (Å²) in [6.45, 7) is 4.10. The highest BCUT2D eigenvalue weighted by Crippen LogP contribution is 2.38. The topological polar surface area (TPSA) is 82.2 Å². The van der Waals surface area contributed by atoms with Gasteiger partial charge in [-0.15, -0.1) is 0 Å². The van der Waals surface area contributed by atoms with Crippen LogP contribution in [0.15, 0.2) is 54.6 Å². The Kier molecular flexibility index (Phi) is 5.54. The molecule has 3 aliphatic rings. The normalized spacial score (nSPS) is 22.8. The second-order valence-electron chi connectivity index (χ2n) is 8.71. The molecule has 8 heteroatoms. The van der Waals surface area contributed by atoms with Gasteiger partial charge in [0.1, 0.15) is 11.3 Å². The summed E-state index contributed by atoms with van der Waals surface area (Å²) < 4.78 is 5.46. The van der Waals surface area contributed by atoms with Gasteiger partial charge in [0, 0.05) is 18.8 Å². The Balaban J connectivity index is 1.30. The predicted molar refractivity (Wildman–Crippen MR) is 124 cm³/mol. The van der Waals surface area contributed by atoms with Crippen molar-refractivity contribution in [3.63, 3.8) is 0 Å². The first-order valence-electron chi connectivity index (χ1n) is 11.5. The number of hydrogen-bond donors (Lipinski definition) is 1. The first kappa shape index (κ1) is 21.5. The Morgan fingerprint density at radius 3 is 2.33 bits per heavy atom. The van der Waals surface area contributed by atoms with Crippen molar-refractivity contribution in [2.75, 3.05) is 36.2 Å². The summed E-state index contributed by atoms with van der Waals surface area (Å²) in [5.74, 6) is 0.349. The van der Waals surface area contributed by atoms with Gasteiger partial charge in [-0.1, -0.05) is 18.2 Å². The minimum absolute atomic E-state index is 0.0378. The Bertz CT molecular complexity index is 1050. The van der Waals surface area contributed by atoms with E-state index in [-0.39, 0.29) is 24.1 Å². The van der Waals surface area contributed by atoms with Gasteiger partial charge in [-0.3, -0.25) is 19.3 Å². The summed E-state index contributed by atoms with van der Waals surface area (Å²) in [6.07, 6.45) is 1.37. The van der Waals surface area contributed by atoms with Gasteiger partial charge in [0.2, 0.25) is 11.8 Å². The van der Waals surface area contributed by atoms with Crippen LogP contribution in [0, 0.1) is 0 Å². The number of carbonyl (C=O) groups is 3. The average molecular weight is 449 g/mol. The number of anilines is 2. The van der Waals surface area contributed by atoms with E-state index in [9.17, 15) is 14.4 Å². The van der Waals surface area contributed by atoms with Crippen molar-refractivity contribution in [2.45, 2.75) is 37.8 Å². The second kappa shape index (κ2) is 8.51. The van der Waals surface area contributed by atoms with Crippen LogP contribution in [0.2, 0.25) is 0 Å². The summed E-state index contributed by atoms with van der Waals surface area (Å²) in [5.41, 5.74) is 0.964. The molecule has 172 valence electrons. The maximum Gasteiger partial charge on any atom is 0.251 e. The van der Waals surface area contributed by atoms with Crippen LogP contribution in [-0.2, 0) is 14.4 Å². The van der Waals surface area contributed by atoms with Gasteiger partial charge in [0.25, 0.3) is 5.91 Å². The van der Waals surface area contributed by atoms with Crippen LogP contribution < -0.4 is 19.9 Å². The molecule has 1 atom stereocenters. The minimum atomic E-state index is -0.613. The fraction of sp³-hybridized carbons (Fsp3) is 0.400. The van der Waals surface area contributed by atoms with Gasteiger partial charge in [0.05, 0.1) is 31.4 Å². The SMILES string of the molecule is CCOc1ccc(N2C(=O)C[C@@H](N3CCC4(CC3)C(=O)NCN4c3ccccc3)C2=O)cc1. The van der Waals surface area contributed by atoms with E-state index < -0.39 is 11.6 Å². The van der Waals surface area contributed by atoms with E-state index >= 15 is 0 Å². The standard InChI is InChI=1S/C25H28N4O4/c1-2-33-20-10-8-19(9-11-20)29-22(30)16-21(23(29)31)27-14-12-25(13-15-27)24(32)26-17-28(25)18-6-4-3-5-7-18/h3-11,21H,2,12-17H2,1H3,(H,26,32)/t21-/m1/s1. The van der Waals surface area contributed by atoms with Gasteiger partial charge in [-0.2, -0.15) is 0 Å². The van der Waals surface area contributed by atoms with Crippen molar-refractivity contribution in [1.82, 2.24) is 10.2 Å². The zero-order chi connectivity index (χ0) is 23.0. The number of hydrogen-bond acceptors (Lipinski definition) is 6. The molecule has 1 spiro atoms. The first-order valence-corrected chi connectivity index (χ1v) is 11.5. The zero-order valence-corrected chi connectivity index (χ0v) is 18.7. The monoisotopic (exact) mass is 448 g/mol. The van der Waals surface area contributed by atoms with E-state index in [0.29, 0.717) is 50.6 Å². The molecule has 1 N–H and O–H groups in total. The molecular weight excluding hydrogens is 420 g/mol. The maximum atomic E-state index is 13.2. The van der Waals surface area contributed by atoms with E-state index in [0.717, 1.165) is 5.69 Å². The number of nitrogens with one attached hydrogen (secondary N) is 1. The number of amides is 3. The number of benzene rings is 2. The fourth-order valence-electron chi connectivity index (χ4n) is 5.27. The predicted octanol–water partition coefficient (Wildman–Crippen LogP) is 2.15. The number of ether oxygens (including phenoxy) is 1. The summed E-state index contributed by atoms with van der Waals surface area (Å²) in [6, 6.07) is 16.5. The van der Waals surface area contributed by atoms with E-state index in [1.54, 1.807) is 24.3 Å². The Hall–Kier alpha value is -3.39. The van der Waals surface area contributed by atoms with Crippen molar-refractivity contribution in [2.24, 2.45) is 0 Å². The van der Waals surface area contributed by atoms with Gasteiger partial charge < -0.3 is 15.0 Å². The highest BCUT2D eigenvalue weighted by atomic mass is 16.5. The van der Waals surface area contributed by atoms with Crippen molar-refractivity contribution in [3.05, 3.63) is 54.6 Å². The molecule has 5 rings (SSSR count). The number of piperidine rings is 1. The van der Waals surface area contributed by atoms with Crippen LogP contribution in [0.25, 0.3) is 0 Å². The molecule has 3 aliphatic heterocycles. The zero-order valence-electron chi connectivity index (χ0n) is 18.7. The Labute approximate surface area is 193 Å². The molecule has 3 fully saturated rings. The molecule has 8 nitrogen and oxygen atoms in total. The van der Waals surface area contributed by atoms with Gasteiger partial charge >= 0.3 is 0 Å². The number of para-hydroxylation sites is 1. The Morgan fingerprint density at radius 2 is 1.67 bits per heavy atom. The molecule has 33 heavy (non-hydrogen) atoms. The van der Waals surface area contributed by atoms with Crippen LogP contribution >= 0.6 is 0 Å². The molecule has 3 heterocycles. The van der Waals surface area contributed by atoms with Crippen molar-refractivity contribution in [3.8, 4) is 5.75 Å². The number of rotatable bonds is 5. The molecule has 3 amide bonds. The largest absolute Gasteiger partial charge is 0.494 e. The number of carbonyl (C=O) groups excluding carboxylic acids is 3. The van der Waals surface area contributed by atoms with E-state index in [1.165, 1.54) is 4.90 Å². The first-order chi connectivity index (χ1) is 16.0. The molecule has 0 aromatic heterocycles. The molecular formula is C25H28N4O4. The lowest BCUT2D eigenvalue weighted by atomic mass is 9.85. The molecule has 2 aromatic carbocycles. The minimum Gasteiger partial charge on any atom is -0.494 e. The average Bonchev–Trinajstić information content (AvgIpc) is 3.31. The number of imide groups is 1. The summed E-state index contributed by atoms with van der Waals surface area (Å²) in [5, 5.41) is 3.00. The van der Waals surface area contributed by atoms with Crippen LogP contribution in [0.4, 0.5) is 11.4 Å². The van der Waals surface area contributed by atoms with Gasteiger partial charge in [0.15, 0.2) is 0 Å². The Morgan fingerprint density at radius 1 is 0.970 bits per heavy atom.